The minimum absolute atomic E-state index is 0.410. The monoisotopic (exact) mass is 310 g/mol. The number of thiophene rings is 1. The van der Waals surface area contributed by atoms with Crippen molar-refractivity contribution in [3.05, 3.63) is 13.3 Å². The summed E-state index contributed by atoms with van der Waals surface area (Å²) in [6.45, 7) is 0.707. The maximum atomic E-state index is 10.8. The number of rotatable bonds is 1. The quantitative estimate of drug-likeness (QED) is 0.810. The molecule has 0 fully saturated rings. The first-order valence-corrected chi connectivity index (χ1v) is 5.77. The molecule has 1 N–H and O–H groups in total. The number of hydrogen-bond donors (Lipinski definition) is 1. The van der Waals surface area contributed by atoms with E-state index >= 15 is 0 Å². The zero-order valence-corrected chi connectivity index (χ0v) is 9.65. The second kappa shape index (κ2) is 3.45. The van der Waals surface area contributed by atoms with Crippen LogP contribution >= 0.6 is 33.9 Å². The van der Waals surface area contributed by atoms with Crippen molar-refractivity contribution in [2.75, 3.05) is 6.61 Å². The summed E-state index contributed by atoms with van der Waals surface area (Å²) in [5, 5.41) is 8.86. The zero-order valence-electron chi connectivity index (χ0n) is 6.67. The zero-order chi connectivity index (χ0) is 9.42. The van der Waals surface area contributed by atoms with Gasteiger partial charge in [0.25, 0.3) is 0 Å². The number of aromatic carboxylic acids is 1. The molecule has 70 valence electrons. The van der Waals surface area contributed by atoms with E-state index in [2.05, 4.69) is 0 Å². The molecule has 2 heterocycles. The molecule has 5 heteroatoms. The second-order valence-electron chi connectivity index (χ2n) is 2.75. The minimum Gasteiger partial charge on any atom is -0.491 e. The first-order valence-electron chi connectivity index (χ1n) is 3.87. The van der Waals surface area contributed by atoms with Gasteiger partial charge in [-0.1, -0.05) is 0 Å². The third kappa shape index (κ3) is 1.54. The smallest absolute Gasteiger partial charge is 0.347 e. The summed E-state index contributed by atoms with van der Waals surface area (Å²) in [5.74, 6) is -0.0540. The molecule has 0 aliphatic carbocycles. The second-order valence-corrected chi connectivity index (χ2v) is 4.94. The highest BCUT2D eigenvalue weighted by molar-refractivity contribution is 14.1. The molecule has 13 heavy (non-hydrogen) atoms. The van der Waals surface area contributed by atoms with Gasteiger partial charge in [-0.3, -0.25) is 0 Å². The van der Waals surface area contributed by atoms with Crippen molar-refractivity contribution in [3.8, 4) is 5.75 Å². The van der Waals surface area contributed by atoms with Gasteiger partial charge in [-0.2, -0.15) is 0 Å². The maximum Gasteiger partial charge on any atom is 0.347 e. The lowest BCUT2D eigenvalue weighted by molar-refractivity contribution is 0.0700. The fourth-order valence-corrected chi connectivity index (χ4v) is 3.53. The standard InChI is InChI=1S/C8H7IO3S/c9-5-6-4(2-1-3-12-6)13-7(5)8(10)11/h1-3H2,(H,10,11). The van der Waals surface area contributed by atoms with Gasteiger partial charge in [0, 0.05) is 4.88 Å². The number of fused-ring (bicyclic) bond motifs is 1. The van der Waals surface area contributed by atoms with E-state index in [0.717, 1.165) is 27.0 Å². The van der Waals surface area contributed by atoms with Gasteiger partial charge in [-0.05, 0) is 35.4 Å². The first kappa shape index (κ1) is 9.26. The van der Waals surface area contributed by atoms with Crippen LogP contribution in [-0.4, -0.2) is 17.7 Å². The number of carboxylic acid groups (broad SMARTS) is 1. The SMILES string of the molecule is O=C(O)c1sc2c(c1I)OCCC2. The van der Waals surface area contributed by atoms with Crippen LogP contribution in [0.2, 0.25) is 0 Å². The lowest BCUT2D eigenvalue weighted by Crippen LogP contribution is -2.06. The fraction of sp³-hybridized carbons (Fsp3) is 0.375. The van der Waals surface area contributed by atoms with Gasteiger partial charge >= 0.3 is 5.97 Å². The van der Waals surface area contributed by atoms with Crippen LogP contribution in [0.5, 0.6) is 5.75 Å². The van der Waals surface area contributed by atoms with Crippen molar-refractivity contribution in [2.45, 2.75) is 12.8 Å². The molecule has 0 radical (unpaired) electrons. The molecule has 1 aliphatic rings. The molecule has 1 aliphatic heterocycles. The van der Waals surface area contributed by atoms with Crippen LogP contribution in [0.4, 0.5) is 0 Å². The lowest BCUT2D eigenvalue weighted by Gasteiger charge is -2.12. The predicted molar refractivity (Wildman–Crippen MR) is 57.8 cm³/mol. The Kier molecular flexibility index (Phi) is 2.46. The van der Waals surface area contributed by atoms with Gasteiger partial charge in [0.05, 0.1) is 10.2 Å². The van der Waals surface area contributed by atoms with Crippen molar-refractivity contribution >= 4 is 39.9 Å². The molecule has 0 saturated heterocycles. The van der Waals surface area contributed by atoms with E-state index in [-0.39, 0.29) is 0 Å². The van der Waals surface area contributed by atoms with E-state index in [1.54, 1.807) is 0 Å². The van der Waals surface area contributed by atoms with E-state index in [0.29, 0.717) is 11.5 Å². The molecule has 3 nitrogen and oxygen atoms in total. The highest BCUT2D eigenvalue weighted by Gasteiger charge is 2.23. The topological polar surface area (TPSA) is 46.5 Å². The summed E-state index contributed by atoms with van der Waals surface area (Å²) >= 11 is 3.38. The molecule has 0 spiro atoms. The fourth-order valence-electron chi connectivity index (χ4n) is 1.29. The number of carbonyl (C=O) groups is 1. The van der Waals surface area contributed by atoms with Crippen LogP contribution < -0.4 is 4.74 Å². The summed E-state index contributed by atoms with van der Waals surface area (Å²) in [7, 11) is 0. The number of ether oxygens (including phenoxy) is 1. The Labute approximate surface area is 92.9 Å². The van der Waals surface area contributed by atoms with Crippen LogP contribution in [0.25, 0.3) is 0 Å². The van der Waals surface area contributed by atoms with Gasteiger partial charge in [0.1, 0.15) is 10.6 Å². The Hall–Kier alpha value is -0.300. The summed E-state index contributed by atoms with van der Waals surface area (Å²) in [6, 6.07) is 0. The predicted octanol–water partition coefficient (Wildman–Crippen LogP) is 2.38. The van der Waals surface area contributed by atoms with Crippen LogP contribution in [0.1, 0.15) is 21.0 Å². The van der Waals surface area contributed by atoms with E-state index in [1.807, 2.05) is 22.6 Å². The molecule has 0 atom stereocenters. The molecule has 0 aromatic carbocycles. The molecule has 1 aromatic rings. The number of carboxylic acids is 1. The summed E-state index contributed by atoms with van der Waals surface area (Å²) < 4.78 is 6.18. The highest BCUT2D eigenvalue weighted by atomic mass is 127. The Balaban J connectivity index is 2.50. The minimum atomic E-state index is -0.854. The maximum absolute atomic E-state index is 10.8. The van der Waals surface area contributed by atoms with Crippen LogP contribution in [-0.2, 0) is 6.42 Å². The van der Waals surface area contributed by atoms with Gasteiger partial charge in [0.15, 0.2) is 0 Å². The van der Waals surface area contributed by atoms with Crippen LogP contribution in [0.15, 0.2) is 0 Å². The largest absolute Gasteiger partial charge is 0.491 e. The molecular weight excluding hydrogens is 303 g/mol. The number of hydrogen-bond acceptors (Lipinski definition) is 3. The van der Waals surface area contributed by atoms with Gasteiger partial charge in [0.2, 0.25) is 0 Å². The average Bonchev–Trinajstić information content (AvgIpc) is 2.45. The molecule has 0 bridgehead atoms. The number of halogens is 1. The van der Waals surface area contributed by atoms with E-state index < -0.39 is 5.97 Å². The number of aryl methyl sites for hydroxylation is 1. The molecule has 1 aromatic heterocycles. The lowest BCUT2D eigenvalue weighted by atomic mass is 10.2. The summed E-state index contributed by atoms with van der Waals surface area (Å²) in [5.41, 5.74) is 0. The van der Waals surface area contributed by atoms with Gasteiger partial charge in [-0.15, -0.1) is 11.3 Å². The average molecular weight is 310 g/mol. The normalized spacial score (nSPS) is 14.8. The van der Waals surface area contributed by atoms with E-state index in [9.17, 15) is 4.79 Å². The molecule has 0 unspecified atom stereocenters. The molecule has 0 saturated carbocycles. The summed E-state index contributed by atoms with van der Waals surface area (Å²) in [4.78, 5) is 12.3. The molecule has 0 amide bonds. The summed E-state index contributed by atoms with van der Waals surface area (Å²) in [6.07, 6.45) is 1.94. The van der Waals surface area contributed by atoms with Gasteiger partial charge in [-0.25, -0.2) is 4.79 Å². The van der Waals surface area contributed by atoms with E-state index in [4.69, 9.17) is 9.84 Å². The van der Waals surface area contributed by atoms with Crippen molar-refractivity contribution in [3.63, 3.8) is 0 Å². The van der Waals surface area contributed by atoms with Crippen LogP contribution in [0.3, 0.4) is 0 Å². The Morgan fingerprint density at radius 2 is 2.38 bits per heavy atom. The molecule has 2 rings (SSSR count). The van der Waals surface area contributed by atoms with Crippen molar-refractivity contribution < 1.29 is 14.6 Å². The Morgan fingerprint density at radius 3 is 3.00 bits per heavy atom. The Morgan fingerprint density at radius 1 is 1.62 bits per heavy atom. The molecular formula is C8H7IO3S. The van der Waals surface area contributed by atoms with Gasteiger partial charge < -0.3 is 9.84 Å². The van der Waals surface area contributed by atoms with E-state index in [1.165, 1.54) is 11.3 Å². The van der Waals surface area contributed by atoms with Crippen LogP contribution in [0, 0.1) is 3.57 Å². The first-order chi connectivity index (χ1) is 6.20. The van der Waals surface area contributed by atoms with Crippen molar-refractivity contribution in [2.24, 2.45) is 0 Å². The van der Waals surface area contributed by atoms with Crippen molar-refractivity contribution in [1.82, 2.24) is 0 Å². The highest BCUT2D eigenvalue weighted by Crippen LogP contribution is 2.39. The Bertz CT molecular complexity index is 359. The third-order valence-electron chi connectivity index (χ3n) is 1.87. The van der Waals surface area contributed by atoms with Crippen molar-refractivity contribution in [1.29, 1.82) is 0 Å². The third-order valence-corrected chi connectivity index (χ3v) is 4.48.